The van der Waals surface area contributed by atoms with E-state index in [0.29, 0.717) is 19.8 Å². The normalized spacial score (nSPS) is 18.5. The molecule has 2 rings (SSSR count). The number of nitrogens with one attached hydrogen (secondary N) is 2. The highest BCUT2D eigenvalue weighted by Gasteiger charge is 2.24. The first-order valence-corrected chi connectivity index (χ1v) is 10.2. The summed E-state index contributed by atoms with van der Waals surface area (Å²) >= 11 is 0. The van der Waals surface area contributed by atoms with Gasteiger partial charge in [0.1, 0.15) is 0 Å². The number of carbonyl (C=O) groups is 1. The molecule has 2 unspecified atom stereocenters. The number of ether oxygens (including phenoxy) is 1. The standard InChI is InChI=1S/C17H27N3O4S/c1-3-25(22,23)19-14(2)17(21)18-16(15-7-5-4-6-8-15)13-20-9-11-24-12-10-20/h4-8,14,16,19H,3,9-13H2,1-2H3,(H,18,21). The molecule has 1 heterocycles. The van der Waals surface area contributed by atoms with Gasteiger partial charge in [0.05, 0.1) is 31.1 Å². The van der Waals surface area contributed by atoms with Crippen molar-refractivity contribution in [1.82, 2.24) is 14.9 Å². The van der Waals surface area contributed by atoms with Gasteiger partial charge in [-0.1, -0.05) is 30.3 Å². The monoisotopic (exact) mass is 369 g/mol. The van der Waals surface area contributed by atoms with Crippen LogP contribution in [0.15, 0.2) is 30.3 Å². The summed E-state index contributed by atoms with van der Waals surface area (Å²) < 4.78 is 31.1. The van der Waals surface area contributed by atoms with Crippen LogP contribution in [0.4, 0.5) is 0 Å². The topological polar surface area (TPSA) is 87.7 Å². The Morgan fingerprint density at radius 1 is 1.24 bits per heavy atom. The van der Waals surface area contributed by atoms with Crippen molar-refractivity contribution in [2.75, 3.05) is 38.6 Å². The van der Waals surface area contributed by atoms with Crippen molar-refractivity contribution >= 4 is 15.9 Å². The van der Waals surface area contributed by atoms with E-state index in [-0.39, 0.29) is 17.7 Å². The highest BCUT2D eigenvalue weighted by Crippen LogP contribution is 2.15. The predicted octanol–water partition coefficient (Wildman–Crippen LogP) is 0.504. The third-order valence-electron chi connectivity index (χ3n) is 4.19. The van der Waals surface area contributed by atoms with Crippen LogP contribution in [0.1, 0.15) is 25.5 Å². The number of benzene rings is 1. The zero-order valence-corrected chi connectivity index (χ0v) is 15.6. The molecule has 1 fully saturated rings. The summed E-state index contributed by atoms with van der Waals surface area (Å²) in [5.74, 6) is -0.389. The van der Waals surface area contributed by atoms with E-state index < -0.39 is 16.1 Å². The van der Waals surface area contributed by atoms with Gasteiger partial charge in [0.2, 0.25) is 15.9 Å². The van der Waals surface area contributed by atoms with Gasteiger partial charge in [-0.25, -0.2) is 13.1 Å². The number of rotatable bonds is 8. The van der Waals surface area contributed by atoms with Crippen LogP contribution in [0.25, 0.3) is 0 Å². The summed E-state index contributed by atoms with van der Waals surface area (Å²) in [6, 6.07) is 8.68. The van der Waals surface area contributed by atoms with E-state index in [1.165, 1.54) is 6.92 Å². The van der Waals surface area contributed by atoms with Gasteiger partial charge in [0.25, 0.3) is 0 Å². The van der Waals surface area contributed by atoms with Crippen LogP contribution in [-0.4, -0.2) is 63.9 Å². The SMILES string of the molecule is CCS(=O)(=O)NC(C)C(=O)NC(CN1CCOCC1)c1ccccc1. The number of carbonyl (C=O) groups excluding carboxylic acids is 1. The molecule has 25 heavy (non-hydrogen) atoms. The van der Waals surface area contributed by atoms with Crippen molar-refractivity contribution in [1.29, 1.82) is 0 Å². The minimum Gasteiger partial charge on any atom is -0.379 e. The lowest BCUT2D eigenvalue weighted by Gasteiger charge is -2.31. The van der Waals surface area contributed by atoms with Crippen molar-refractivity contribution in [3.05, 3.63) is 35.9 Å². The summed E-state index contributed by atoms with van der Waals surface area (Å²) in [6.07, 6.45) is 0. The van der Waals surface area contributed by atoms with Gasteiger partial charge >= 0.3 is 0 Å². The van der Waals surface area contributed by atoms with Gasteiger partial charge in [0, 0.05) is 19.6 Å². The second-order valence-corrected chi connectivity index (χ2v) is 8.17. The molecule has 1 aromatic carbocycles. The molecule has 1 aromatic rings. The fourth-order valence-electron chi connectivity index (χ4n) is 2.66. The Morgan fingerprint density at radius 3 is 2.48 bits per heavy atom. The van der Waals surface area contributed by atoms with E-state index in [0.717, 1.165) is 18.7 Å². The Labute approximate surface area is 149 Å². The minimum absolute atomic E-state index is 0.0550. The average molecular weight is 369 g/mol. The number of sulfonamides is 1. The molecule has 0 bridgehead atoms. The molecule has 0 spiro atoms. The Bertz CT molecular complexity index is 645. The first-order valence-electron chi connectivity index (χ1n) is 8.56. The molecular weight excluding hydrogens is 342 g/mol. The minimum atomic E-state index is -3.43. The van der Waals surface area contributed by atoms with Crippen LogP contribution in [-0.2, 0) is 19.6 Å². The summed E-state index contributed by atoms with van der Waals surface area (Å²) in [5, 5.41) is 2.98. The molecule has 0 radical (unpaired) electrons. The number of morpholine rings is 1. The zero-order valence-electron chi connectivity index (χ0n) is 14.8. The highest BCUT2D eigenvalue weighted by molar-refractivity contribution is 7.89. The summed E-state index contributed by atoms with van der Waals surface area (Å²) in [5.41, 5.74) is 0.993. The maximum absolute atomic E-state index is 12.5. The molecule has 2 N–H and O–H groups in total. The van der Waals surface area contributed by atoms with E-state index in [4.69, 9.17) is 4.74 Å². The largest absolute Gasteiger partial charge is 0.379 e. The highest BCUT2D eigenvalue weighted by atomic mass is 32.2. The third kappa shape index (κ3) is 6.39. The van der Waals surface area contributed by atoms with Gasteiger partial charge in [0.15, 0.2) is 0 Å². The maximum Gasteiger partial charge on any atom is 0.238 e. The van der Waals surface area contributed by atoms with Crippen LogP contribution in [0.2, 0.25) is 0 Å². The van der Waals surface area contributed by atoms with Crippen molar-refractivity contribution in [2.45, 2.75) is 25.9 Å². The molecule has 1 aliphatic heterocycles. The van der Waals surface area contributed by atoms with Crippen molar-refractivity contribution < 1.29 is 17.9 Å². The summed E-state index contributed by atoms with van der Waals surface area (Å²) in [4.78, 5) is 14.7. The Kier molecular flexibility index (Phi) is 7.37. The van der Waals surface area contributed by atoms with Crippen LogP contribution in [0.5, 0.6) is 0 Å². The quantitative estimate of drug-likeness (QED) is 0.697. The number of amides is 1. The predicted molar refractivity (Wildman–Crippen MR) is 96.6 cm³/mol. The second-order valence-electron chi connectivity index (χ2n) is 6.13. The number of hydrogen-bond donors (Lipinski definition) is 2. The third-order valence-corrected chi connectivity index (χ3v) is 5.67. The summed E-state index contributed by atoms with van der Waals surface area (Å²) in [6.45, 7) is 6.75. The van der Waals surface area contributed by atoms with Gasteiger partial charge in [-0.2, -0.15) is 0 Å². The Morgan fingerprint density at radius 2 is 1.88 bits per heavy atom. The zero-order chi connectivity index (χ0) is 18.3. The van der Waals surface area contributed by atoms with Gasteiger partial charge in [-0.3, -0.25) is 9.69 Å². The molecule has 1 saturated heterocycles. The van der Waals surface area contributed by atoms with Gasteiger partial charge < -0.3 is 10.1 Å². The first kappa shape index (κ1) is 19.8. The molecule has 0 aliphatic carbocycles. The molecule has 1 amide bonds. The Hall–Kier alpha value is -1.48. The van der Waals surface area contributed by atoms with Crippen molar-refractivity contribution in [2.24, 2.45) is 0 Å². The van der Waals surface area contributed by atoms with Gasteiger partial charge in [-0.05, 0) is 19.4 Å². The lowest BCUT2D eigenvalue weighted by atomic mass is 10.1. The fourth-order valence-corrected chi connectivity index (χ4v) is 3.48. The number of nitrogens with zero attached hydrogens (tertiary/aromatic N) is 1. The molecule has 8 heteroatoms. The van der Waals surface area contributed by atoms with E-state index in [1.807, 2.05) is 30.3 Å². The summed E-state index contributed by atoms with van der Waals surface area (Å²) in [7, 11) is -3.43. The average Bonchev–Trinajstić information content (AvgIpc) is 2.62. The fraction of sp³-hybridized carbons (Fsp3) is 0.588. The second kappa shape index (κ2) is 9.28. The van der Waals surface area contributed by atoms with Crippen LogP contribution >= 0.6 is 0 Å². The van der Waals surface area contributed by atoms with Crippen LogP contribution in [0, 0.1) is 0 Å². The first-order chi connectivity index (χ1) is 11.9. The Balaban J connectivity index is 2.05. The molecule has 2 atom stereocenters. The van der Waals surface area contributed by atoms with E-state index >= 15 is 0 Å². The molecule has 0 saturated carbocycles. The lowest BCUT2D eigenvalue weighted by molar-refractivity contribution is -0.123. The van der Waals surface area contributed by atoms with Crippen LogP contribution in [0.3, 0.4) is 0 Å². The molecule has 0 aromatic heterocycles. The maximum atomic E-state index is 12.5. The van der Waals surface area contributed by atoms with E-state index in [2.05, 4.69) is 14.9 Å². The smallest absolute Gasteiger partial charge is 0.238 e. The van der Waals surface area contributed by atoms with Crippen LogP contribution < -0.4 is 10.0 Å². The lowest BCUT2D eigenvalue weighted by Crippen LogP contribution is -2.49. The van der Waals surface area contributed by atoms with Gasteiger partial charge in [-0.15, -0.1) is 0 Å². The van der Waals surface area contributed by atoms with Crippen molar-refractivity contribution in [3.63, 3.8) is 0 Å². The number of hydrogen-bond acceptors (Lipinski definition) is 5. The van der Waals surface area contributed by atoms with E-state index in [9.17, 15) is 13.2 Å². The molecular formula is C17H27N3O4S. The molecule has 7 nitrogen and oxygen atoms in total. The molecule has 140 valence electrons. The molecule has 1 aliphatic rings. The van der Waals surface area contributed by atoms with Crippen molar-refractivity contribution in [3.8, 4) is 0 Å². The van der Waals surface area contributed by atoms with E-state index in [1.54, 1.807) is 6.92 Å².